The molecule has 0 fully saturated rings. The molecular weight excluding hydrogens is 557 g/mol. The number of hydrogen-bond acceptors (Lipinski definition) is 6. The number of nitrogens with zero attached hydrogens (tertiary/aromatic N) is 2. The van der Waals surface area contributed by atoms with Crippen LogP contribution >= 0.6 is 23.2 Å². The van der Waals surface area contributed by atoms with E-state index in [1.54, 1.807) is 69.4 Å². The third-order valence-electron chi connectivity index (χ3n) is 6.28. The number of aryl methyl sites for hydroxylation is 1. The number of aliphatic hydroxyl groups excluding tert-OH is 1. The topological polar surface area (TPSA) is 120 Å². The number of nitrogens with one attached hydrogen (secondary N) is 1. The maximum absolute atomic E-state index is 13.3. The van der Waals surface area contributed by atoms with Crippen LogP contribution in [0.2, 0.25) is 10.0 Å². The lowest BCUT2D eigenvalue weighted by molar-refractivity contribution is -0.149. The van der Waals surface area contributed by atoms with Crippen molar-refractivity contribution in [1.29, 1.82) is 0 Å². The predicted molar refractivity (Wildman–Crippen MR) is 153 cm³/mol. The van der Waals surface area contributed by atoms with E-state index in [1.807, 2.05) is 0 Å². The number of hydrogen-bond donors (Lipinski definition) is 2. The van der Waals surface area contributed by atoms with Crippen molar-refractivity contribution in [2.75, 3.05) is 0 Å². The Balaban J connectivity index is 1.66. The van der Waals surface area contributed by atoms with Gasteiger partial charge in [-0.2, -0.15) is 0 Å². The zero-order valence-electron chi connectivity index (χ0n) is 22.0. The van der Waals surface area contributed by atoms with Gasteiger partial charge in [0.15, 0.2) is 0 Å². The highest BCUT2D eigenvalue weighted by molar-refractivity contribution is 6.39. The normalized spacial score (nSPS) is 12.0. The predicted octanol–water partition coefficient (Wildman–Crippen LogP) is 3.78. The molecule has 0 radical (unpaired) electrons. The van der Waals surface area contributed by atoms with E-state index in [4.69, 9.17) is 27.9 Å². The van der Waals surface area contributed by atoms with Gasteiger partial charge in [0.05, 0.1) is 44.9 Å². The minimum Gasteiger partial charge on any atom is -0.461 e. The Morgan fingerprint density at radius 2 is 1.60 bits per heavy atom. The van der Waals surface area contributed by atoms with E-state index >= 15 is 0 Å². The van der Waals surface area contributed by atoms with Crippen LogP contribution in [0.25, 0.3) is 16.6 Å². The van der Waals surface area contributed by atoms with Gasteiger partial charge >= 0.3 is 11.7 Å². The molecule has 0 aliphatic rings. The molecule has 0 bridgehead atoms. The number of aromatic nitrogens is 2. The number of carbonyl (C=O) groups excluding carboxylic acids is 2. The van der Waals surface area contributed by atoms with E-state index in [0.29, 0.717) is 22.3 Å². The van der Waals surface area contributed by atoms with Crippen LogP contribution in [0.1, 0.15) is 35.3 Å². The highest BCUT2D eigenvalue weighted by Crippen LogP contribution is 2.24. The molecule has 3 aromatic carbocycles. The van der Waals surface area contributed by atoms with Crippen molar-refractivity contribution >= 4 is 46.0 Å². The van der Waals surface area contributed by atoms with Gasteiger partial charge in [-0.1, -0.05) is 47.5 Å². The van der Waals surface area contributed by atoms with Crippen LogP contribution in [0, 0.1) is 0 Å². The standard InChI is InChI=1S/C29H27Cl2N3O6/c1-16(2)40-28(38)23(32-26(36)25-21(30)5-4-6-22(25)31)14-17-7-10-19(11-8-17)34-27(37)20-13-18(15-35)9-12-24(20)33(3)29(34)39/h4-13,16,23,35H,14-15H2,1-3H3,(H,32,36). The summed E-state index contributed by atoms with van der Waals surface area (Å²) in [5, 5.41) is 12.7. The largest absolute Gasteiger partial charge is 0.461 e. The lowest BCUT2D eigenvalue weighted by atomic mass is 10.0. The maximum Gasteiger partial charge on any atom is 0.335 e. The second kappa shape index (κ2) is 12.1. The summed E-state index contributed by atoms with van der Waals surface area (Å²) in [5.41, 5.74) is 0.921. The van der Waals surface area contributed by atoms with Gasteiger partial charge < -0.3 is 15.2 Å². The Kier molecular flexibility index (Phi) is 8.78. The van der Waals surface area contributed by atoms with Crippen LogP contribution in [-0.4, -0.2) is 38.3 Å². The molecule has 0 aliphatic heterocycles. The summed E-state index contributed by atoms with van der Waals surface area (Å²) < 4.78 is 7.75. The summed E-state index contributed by atoms with van der Waals surface area (Å²) in [5.74, 6) is -1.28. The number of halogens is 2. The summed E-state index contributed by atoms with van der Waals surface area (Å²) in [6, 6.07) is 14.9. The number of rotatable bonds is 8. The molecule has 0 aliphatic carbocycles. The summed E-state index contributed by atoms with van der Waals surface area (Å²) >= 11 is 12.3. The van der Waals surface area contributed by atoms with Crippen LogP contribution in [0.3, 0.4) is 0 Å². The van der Waals surface area contributed by atoms with Crippen molar-refractivity contribution < 1.29 is 19.4 Å². The molecule has 9 nitrogen and oxygen atoms in total. The van der Waals surface area contributed by atoms with Crippen molar-refractivity contribution in [3.05, 3.63) is 108 Å². The second-order valence-electron chi connectivity index (χ2n) is 9.47. The van der Waals surface area contributed by atoms with Crippen LogP contribution in [0.4, 0.5) is 0 Å². The van der Waals surface area contributed by atoms with Crippen molar-refractivity contribution in [2.45, 2.75) is 39.0 Å². The molecule has 0 spiro atoms. The lowest BCUT2D eigenvalue weighted by Crippen LogP contribution is -2.44. The first-order valence-corrected chi connectivity index (χ1v) is 13.2. The van der Waals surface area contributed by atoms with Gasteiger partial charge in [-0.05, 0) is 61.4 Å². The van der Waals surface area contributed by atoms with Crippen molar-refractivity contribution in [3.8, 4) is 5.69 Å². The quantitative estimate of drug-likeness (QED) is 0.305. The molecule has 2 N–H and O–H groups in total. The van der Waals surface area contributed by atoms with Crippen LogP contribution in [0.5, 0.6) is 0 Å². The fraction of sp³-hybridized carbons (Fsp3) is 0.241. The van der Waals surface area contributed by atoms with Gasteiger partial charge in [0.2, 0.25) is 0 Å². The zero-order chi connectivity index (χ0) is 29.1. The Morgan fingerprint density at radius 1 is 0.975 bits per heavy atom. The van der Waals surface area contributed by atoms with Gasteiger partial charge in [-0.25, -0.2) is 14.2 Å². The number of benzene rings is 3. The minimum absolute atomic E-state index is 0.0411. The summed E-state index contributed by atoms with van der Waals surface area (Å²) in [7, 11) is 1.56. The molecule has 11 heteroatoms. The highest BCUT2D eigenvalue weighted by atomic mass is 35.5. The number of ether oxygens (including phenoxy) is 1. The van der Waals surface area contributed by atoms with E-state index in [-0.39, 0.29) is 34.0 Å². The lowest BCUT2D eigenvalue weighted by Gasteiger charge is -2.20. The van der Waals surface area contributed by atoms with E-state index < -0.39 is 35.3 Å². The minimum atomic E-state index is -1.07. The zero-order valence-corrected chi connectivity index (χ0v) is 23.5. The van der Waals surface area contributed by atoms with Crippen LogP contribution < -0.4 is 16.6 Å². The molecule has 1 aromatic heterocycles. The molecular formula is C29H27Cl2N3O6. The SMILES string of the molecule is CC(C)OC(=O)C(Cc1ccc(-n2c(=O)c3cc(CO)ccc3n(C)c2=O)cc1)NC(=O)c1c(Cl)cccc1Cl. The van der Waals surface area contributed by atoms with E-state index in [1.165, 1.54) is 16.7 Å². The molecule has 1 unspecified atom stereocenters. The third-order valence-corrected chi connectivity index (χ3v) is 6.91. The molecule has 40 heavy (non-hydrogen) atoms. The number of amides is 1. The van der Waals surface area contributed by atoms with Gasteiger partial charge in [0.1, 0.15) is 6.04 Å². The van der Waals surface area contributed by atoms with Gasteiger partial charge in [-0.3, -0.25) is 14.2 Å². The maximum atomic E-state index is 13.3. The van der Waals surface area contributed by atoms with Crippen LogP contribution in [0.15, 0.2) is 70.3 Å². The number of esters is 1. The first kappa shape index (κ1) is 29.1. The average molecular weight is 584 g/mol. The molecule has 4 rings (SSSR count). The van der Waals surface area contributed by atoms with Gasteiger partial charge in [0.25, 0.3) is 11.5 Å². The van der Waals surface area contributed by atoms with E-state index in [9.17, 15) is 24.3 Å². The Morgan fingerprint density at radius 3 is 2.20 bits per heavy atom. The third kappa shape index (κ3) is 5.96. The first-order valence-electron chi connectivity index (χ1n) is 12.4. The van der Waals surface area contributed by atoms with Gasteiger partial charge in [-0.15, -0.1) is 0 Å². The van der Waals surface area contributed by atoms with Crippen molar-refractivity contribution in [3.63, 3.8) is 0 Å². The monoisotopic (exact) mass is 583 g/mol. The second-order valence-corrected chi connectivity index (χ2v) is 10.3. The number of aliphatic hydroxyl groups is 1. The molecule has 1 atom stereocenters. The molecule has 208 valence electrons. The fourth-order valence-electron chi connectivity index (χ4n) is 4.30. The molecule has 4 aromatic rings. The van der Waals surface area contributed by atoms with Crippen molar-refractivity contribution in [2.24, 2.45) is 7.05 Å². The molecule has 1 amide bonds. The average Bonchev–Trinajstić information content (AvgIpc) is 2.91. The van der Waals surface area contributed by atoms with E-state index in [0.717, 1.165) is 4.57 Å². The molecule has 0 saturated heterocycles. The smallest absolute Gasteiger partial charge is 0.335 e. The highest BCUT2D eigenvalue weighted by Gasteiger charge is 2.26. The Bertz CT molecular complexity index is 1690. The summed E-state index contributed by atoms with van der Waals surface area (Å²) in [6.07, 6.45) is -0.357. The Labute approximate surface area is 239 Å². The van der Waals surface area contributed by atoms with E-state index in [2.05, 4.69) is 5.32 Å². The summed E-state index contributed by atoms with van der Waals surface area (Å²) in [6.45, 7) is 3.15. The summed E-state index contributed by atoms with van der Waals surface area (Å²) in [4.78, 5) is 52.2. The fourth-order valence-corrected chi connectivity index (χ4v) is 4.87. The Hall–Kier alpha value is -3.92. The van der Waals surface area contributed by atoms with Crippen LogP contribution in [-0.2, 0) is 29.6 Å². The first-order chi connectivity index (χ1) is 19.0. The van der Waals surface area contributed by atoms with Crippen molar-refractivity contribution in [1.82, 2.24) is 14.5 Å². The molecule has 1 heterocycles. The number of fused-ring (bicyclic) bond motifs is 1. The van der Waals surface area contributed by atoms with Gasteiger partial charge in [0, 0.05) is 13.5 Å². The number of carbonyl (C=O) groups is 2. The molecule has 0 saturated carbocycles.